The Morgan fingerprint density at radius 2 is 1.59 bits per heavy atom. The van der Waals surface area contributed by atoms with Crippen LogP contribution >= 0.6 is 0 Å². The lowest BCUT2D eigenvalue weighted by molar-refractivity contribution is -0.138. The topological polar surface area (TPSA) is 181 Å². The van der Waals surface area contributed by atoms with Crippen molar-refractivity contribution in [3.05, 3.63) is 156 Å². The number of allylic oxidation sites excluding steroid dienone is 3. The number of nitrogens with zero attached hydrogens (tertiary/aromatic N) is 6. The summed E-state index contributed by atoms with van der Waals surface area (Å²) in [7, 11) is 6.06. The number of carbonyl (C=O) groups is 2. The maximum absolute atomic E-state index is 15.3. The van der Waals surface area contributed by atoms with Crippen molar-refractivity contribution in [2.45, 2.75) is 44.3 Å². The highest BCUT2D eigenvalue weighted by Crippen LogP contribution is 2.59. The van der Waals surface area contributed by atoms with Gasteiger partial charge in [-0.1, -0.05) is 72.3 Å². The number of phenolic OH excluding ortho intramolecular Hbond substituents is 1. The number of phenols is 1. The number of imide groups is 1. The van der Waals surface area contributed by atoms with Crippen molar-refractivity contribution in [2.24, 2.45) is 18.9 Å². The lowest BCUT2D eigenvalue weighted by atomic mass is 9.54. The Hall–Kier alpha value is -7.62. The Labute approximate surface area is 360 Å². The van der Waals surface area contributed by atoms with E-state index in [-0.39, 0.29) is 43.1 Å². The van der Waals surface area contributed by atoms with E-state index in [9.17, 15) is 24.3 Å². The Bertz CT molecular complexity index is 3070. The van der Waals surface area contributed by atoms with Crippen LogP contribution in [0.4, 0.5) is 5.69 Å². The Morgan fingerprint density at radius 3 is 2.30 bits per heavy atom. The van der Waals surface area contributed by atoms with Crippen LogP contribution in [0.3, 0.4) is 0 Å². The number of aromatic nitrogens is 5. The van der Waals surface area contributed by atoms with Crippen molar-refractivity contribution in [1.82, 2.24) is 28.5 Å². The number of hydrogen-bond donors (Lipinski definition) is 2. The summed E-state index contributed by atoms with van der Waals surface area (Å²) in [4.78, 5) is 77.3. The van der Waals surface area contributed by atoms with Gasteiger partial charge in [-0.2, -0.15) is 5.01 Å². The standard InChI is InChI=1S/C47H45N7O9/c1-27-11-15-30(16-12-27)49-53-42(56)33-24-36-31(32(17-13-28-14-18-38(55)39(23-28)61-3)47(33,44(53)58)29-9-7-6-8-10-29)19-22-52-45(59)51(46(60)54(36)52)21-20-34-43(57)50(2)37-26-41(63-5)40(62-4)25-35(37)48-34/h6-19,23,25-26,32-33,36,49,55H,20-22,24H2,1-5H3/t32-,33-,36+,47-/m0/s1. The van der Waals surface area contributed by atoms with Crippen LogP contribution in [0.25, 0.3) is 17.1 Å². The maximum atomic E-state index is 15.3. The fraction of sp³-hybridized carbons (Fsp3) is 0.277. The molecule has 1 saturated carbocycles. The van der Waals surface area contributed by atoms with Crippen molar-refractivity contribution < 1.29 is 28.9 Å². The molecule has 0 radical (unpaired) electrons. The molecule has 2 aliphatic heterocycles. The zero-order valence-corrected chi connectivity index (χ0v) is 35.3. The molecule has 16 nitrogen and oxygen atoms in total. The van der Waals surface area contributed by atoms with E-state index in [1.54, 1.807) is 43.4 Å². The first-order chi connectivity index (χ1) is 30.4. The highest BCUT2D eigenvalue weighted by Gasteiger charge is 2.68. The first kappa shape index (κ1) is 40.8. The number of amides is 2. The summed E-state index contributed by atoms with van der Waals surface area (Å²) in [6.07, 6.45) is 5.54. The first-order valence-electron chi connectivity index (χ1n) is 20.5. The molecule has 1 saturated heterocycles. The van der Waals surface area contributed by atoms with Gasteiger partial charge >= 0.3 is 11.4 Å². The number of carbonyl (C=O) groups excluding carboxylic acids is 2. The molecule has 3 aliphatic rings. The average molecular weight is 852 g/mol. The first-order valence-corrected chi connectivity index (χ1v) is 20.5. The van der Waals surface area contributed by atoms with Gasteiger partial charge in [0.2, 0.25) is 0 Å². The molecule has 6 aromatic rings. The number of hydrazine groups is 1. The van der Waals surface area contributed by atoms with Gasteiger partial charge in [-0.05, 0) is 54.3 Å². The molecule has 9 rings (SSSR count). The van der Waals surface area contributed by atoms with Gasteiger partial charge in [0.05, 0.1) is 62.0 Å². The molecule has 0 unspecified atom stereocenters. The molecular formula is C47H45N7O9. The summed E-state index contributed by atoms with van der Waals surface area (Å²) in [5, 5.41) is 11.4. The second-order valence-corrected chi connectivity index (χ2v) is 16.0. The molecule has 2 aromatic heterocycles. The van der Waals surface area contributed by atoms with Crippen LogP contribution in [0.15, 0.2) is 117 Å². The van der Waals surface area contributed by atoms with Gasteiger partial charge in [-0.15, -0.1) is 0 Å². The number of fused-ring (bicyclic) bond motifs is 5. The lowest BCUT2D eigenvalue weighted by Crippen LogP contribution is -2.54. The van der Waals surface area contributed by atoms with E-state index in [0.29, 0.717) is 44.9 Å². The van der Waals surface area contributed by atoms with Crippen molar-refractivity contribution in [1.29, 1.82) is 0 Å². The van der Waals surface area contributed by atoms with E-state index in [2.05, 4.69) is 10.4 Å². The number of methoxy groups -OCH3 is 3. The molecule has 322 valence electrons. The highest BCUT2D eigenvalue weighted by atomic mass is 16.5. The van der Waals surface area contributed by atoms with E-state index in [4.69, 9.17) is 14.2 Å². The third-order valence-corrected chi connectivity index (χ3v) is 12.7. The van der Waals surface area contributed by atoms with Crippen LogP contribution in [-0.2, 0) is 41.6 Å². The third kappa shape index (κ3) is 6.43. The number of anilines is 1. The molecule has 1 aliphatic carbocycles. The van der Waals surface area contributed by atoms with Gasteiger partial charge in [0.1, 0.15) is 5.69 Å². The second kappa shape index (κ2) is 15.7. The molecule has 0 bridgehead atoms. The quantitative estimate of drug-likeness (QED) is 0.138. The van der Waals surface area contributed by atoms with Crippen molar-refractivity contribution in [3.8, 4) is 23.0 Å². The summed E-state index contributed by atoms with van der Waals surface area (Å²) in [5.74, 6) is -1.67. The van der Waals surface area contributed by atoms with Gasteiger partial charge in [0.25, 0.3) is 17.4 Å². The minimum Gasteiger partial charge on any atom is -0.504 e. The van der Waals surface area contributed by atoms with Crippen molar-refractivity contribution in [3.63, 3.8) is 0 Å². The molecular weight excluding hydrogens is 807 g/mol. The number of nitrogens with one attached hydrogen (secondary N) is 1. The van der Waals surface area contributed by atoms with E-state index in [1.807, 2.05) is 67.6 Å². The molecule has 4 atom stereocenters. The summed E-state index contributed by atoms with van der Waals surface area (Å²) in [6, 6.07) is 23.9. The average Bonchev–Trinajstić information content (AvgIpc) is 3.67. The SMILES string of the molecule is COc1cc(C=C[C@H]2C3=CCn4c(=O)n(CCc5nc6cc(OC)c(OC)cc6n(C)c5=O)c(=O)n4[C@@H]3C[C@H]3C(=O)N(Nc4ccc(C)cc4)C(=O)[C@@]23c2ccccc2)ccc1O. The van der Waals surface area contributed by atoms with Gasteiger partial charge in [-0.3, -0.25) is 19.8 Å². The minimum atomic E-state index is -1.47. The maximum Gasteiger partial charge on any atom is 0.347 e. The lowest BCUT2D eigenvalue weighted by Gasteiger charge is -2.47. The van der Waals surface area contributed by atoms with Crippen LogP contribution in [-0.4, -0.2) is 66.7 Å². The molecule has 4 heterocycles. The van der Waals surface area contributed by atoms with Gasteiger partial charge < -0.3 is 23.9 Å². The zero-order chi connectivity index (χ0) is 44.3. The van der Waals surface area contributed by atoms with Crippen LogP contribution < -0.4 is 36.6 Å². The number of benzene rings is 4. The minimum absolute atomic E-state index is 0.00486. The summed E-state index contributed by atoms with van der Waals surface area (Å²) >= 11 is 0. The molecule has 2 N–H and O–H groups in total. The van der Waals surface area contributed by atoms with Crippen LogP contribution in [0, 0.1) is 18.8 Å². The van der Waals surface area contributed by atoms with Crippen molar-refractivity contribution >= 4 is 34.6 Å². The smallest absolute Gasteiger partial charge is 0.347 e. The monoisotopic (exact) mass is 851 g/mol. The normalized spacial score (nSPS) is 20.4. The Morgan fingerprint density at radius 1 is 0.873 bits per heavy atom. The highest BCUT2D eigenvalue weighted by molar-refractivity contribution is 6.12. The summed E-state index contributed by atoms with van der Waals surface area (Å²) in [5.41, 5.74) is 4.65. The van der Waals surface area contributed by atoms with Crippen LogP contribution in [0.5, 0.6) is 23.0 Å². The van der Waals surface area contributed by atoms with Crippen LogP contribution in [0.1, 0.15) is 34.8 Å². The molecule has 16 heteroatoms. The predicted octanol–water partition coefficient (Wildman–Crippen LogP) is 4.51. The number of rotatable bonds is 11. The van der Waals surface area contributed by atoms with Gasteiger partial charge in [-0.25, -0.2) is 28.5 Å². The second-order valence-electron chi connectivity index (χ2n) is 16.0. The number of aryl methyl sites for hydroxylation is 3. The number of ether oxygens (including phenoxy) is 3. The van der Waals surface area contributed by atoms with E-state index >= 15 is 4.79 Å². The summed E-state index contributed by atoms with van der Waals surface area (Å²) in [6.45, 7) is 1.80. The number of hydrogen-bond acceptors (Lipinski definition) is 11. The van der Waals surface area contributed by atoms with Crippen molar-refractivity contribution in [2.75, 3.05) is 26.8 Å². The molecule has 0 spiro atoms. The van der Waals surface area contributed by atoms with E-state index in [1.165, 1.54) is 41.3 Å². The predicted molar refractivity (Wildman–Crippen MR) is 234 cm³/mol. The van der Waals surface area contributed by atoms with Crippen LogP contribution in [0.2, 0.25) is 0 Å². The van der Waals surface area contributed by atoms with E-state index < -0.39 is 52.0 Å². The fourth-order valence-corrected chi connectivity index (χ4v) is 9.59. The Kier molecular flexibility index (Phi) is 10.2. The Balaban J connectivity index is 1.15. The molecule has 4 aromatic carbocycles. The molecule has 63 heavy (non-hydrogen) atoms. The molecule has 2 amide bonds. The largest absolute Gasteiger partial charge is 0.504 e. The zero-order valence-electron chi connectivity index (χ0n) is 35.3. The summed E-state index contributed by atoms with van der Waals surface area (Å²) < 4.78 is 21.5. The molecule has 2 fully saturated rings. The van der Waals surface area contributed by atoms with Gasteiger partial charge in [0.15, 0.2) is 23.0 Å². The number of aromatic hydroxyl groups is 1. The van der Waals surface area contributed by atoms with E-state index in [0.717, 1.165) is 15.1 Å². The van der Waals surface area contributed by atoms with Gasteiger partial charge in [0, 0.05) is 38.1 Å². The third-order valence-electron chi connectivity index (χ3n) is 12.7. The fourth-order valence-electron chi connectivity index (χ4n) is 9.59.